The van der Waals surface area contributed by atoms with E-state index in [0.717, 1.165) is 24.7 Å². The SMILES string of the molecule is CCC1CCC(CCC(=O)O)C1.CCC1CCC(CCC(=O)O)CC1. The standard InChI is InChI=1S/C11H20O2.C10H18O2/c1-2-9-3-5-10(6-4-9)7-8-11(12)13;1-2-8-3-4-9(7-8)5-6-10(11)12/h9-10H,2-8H2,1H3,(H,12,13);8-9H,2-7H2,1H3,(H,11,12). The largest absolute Gasteiger partial charge is 0.481 e. The summed E-state index contributed by atoms with van der Waals surface area (Å²) in [7, 11) is 0. The molecule has 2 fully saturated rings. The smallest absolute Gasteiger partial charge is 0.303 e. The van der Waals surface area contributed by atoms with E-state index >= 15 is 0 Å². The van der Waals surface area contributed by atoms with Crippen molar-refractivity contribution in [3.8, 4) is 0 Å². The lowest BCUT2D eigenvalue weighted by Crippen LogP contribution is -2.14. The van der Waals surface area contributed by atoms with E-state index in [2.05, 4.69) is 13.8 Å². The van der Waals surface area contributed by atoms with Crippen LogP contribution in [0.1, 0.15) is 97.3 Å². The summed E-state index contributed by atoms with van der Waals surface area (Å²) >= 11 is 0. The molecule has 2 aliphatic carbocycles. The van der Waals surface area contributed by atoms with Crippen molar-refractivity contribution in [3.63, 3.8) is 0 Å². The van der Waals surface area contributed by atoms with Gasteiger partial charge >= 0.3 is 11.9 Å². The third-order valence-corrected chi connectivity index (χ3v) is 6.30. The number of hydrogen-bond donors (Lipinski definition) is 2. The maximum absolute atomic E-state index is 10.4. The van der Waals surface area contributed by atoms with Crippen LogP contribution in [0.2, 0.25) is 0 Å². The average Bonchev–Trinajstić information content (AvgIpc) is 3.07. The summed E-state index contributed by atoms with van der Waals surface area (Å²) in [5.41, 5.74) is 0. The minimum atomic E-state index is -0.644. The van der Waals surface area contributed by atoms with Gasteiger partial charge in [0.2, 0.25) is 0 Å². The first-order valence-electron chi connectivity index (χ1n) is 10.4. The summed E-state index contributed by atoms with van der Waals surface area (Å²) in [5.74, 6) is 1.90. The van der Waals surface area contributed by atoms with Gasteiger partial charge in [-0.1, -0.05) is 65.2 Å². The van der Waals surface area contributed by atoms with E-state index in [9.17, 15) is 9.59 Å². The van der Waals surface area contributed by atoms with Crippen molar-refractivity contribution in [3.05, 3.63) is 0 Å². The molecule has 0 radical (unpaired) electrons. The third kappa shape index (κ3) is 9.86. The van der Waals surface area contributed by atoms with Gasteiger partial charge in [-0.2, -0.15) is 0 Å². The van der Waals surface area contributed by atoms with Crippen LogP contribution >= 0.6 is 0 Å². The van der Waals surface area contributed by atoms with Gasteiger partial charge in [0.05, 0.1) is 0 Å². The molecule has 4 nitrogen and oxygen atoms in total. The molecule has 2 atom stereocenters. The van der Waals surface area contributed by atoms with E-state index in [1.165, 1.54) is 57.8 Å². The van der Waals surface area contributed by atoms with E-state index in [1.807, 2.05) is 0 Å². The summed E-state index contributed by atoms with van der Waals surface area (Å²) in [5, 5.41) is 17.0. The Bertz CT molecular complexity index is 385. The highest BCUT2D eigenvalue weighted by Gasteiger charge is 2.23. The Balaban J connectivity index is 0.000000251. The fourth-order valence-corrected chi connectivity index (χ4v) is 4.40. The second kappa shape index (κ2) is 12.3. The third-order valence-electron chi connectivity index (χ3n) is 6.30. The van der Waals surface area contributed by atoms with Gasteiger partial charge in [-0.25, -0.2) is 0 Å². The zero-order valence-corrected chi connectivity index (χ0v) is 16.2. The normalized spacial score (nSPS) is 28.9. The Morgan fingerprint density at radius 2 is 1.08 bits per heavy atom. The van der Waals surface area contributed by atoms with Gasteiger partial charge in [0.1, 0.15) is 0 Å². The molecular weight excluding hydrogens is 316 g/mol. The molecule has 146 valence electrons. The number of hydrogen-bond acceptors (Lipinski definition) is 2. The molecule has 2 rings (SSSR count). The molecule has 0 saturated heterocycles. The van der Waals surface area contributed by atoms with Crippen molar-refractivity contribution in [1.29, 1.82) is 0 Å². The average molecular weight is 355 g/mol. The van der Waals surface area contributed by atoms with Crippen LogP contribution in [0.4, 0.5) is 0 Å². The highest BCUT2D eigenvalue weighted by atomic mass is 16.4. The van der Waals surface area contributed by atoms with Crippen molar-refractivity contribution in [1.82, 2.24) is 0 Å². The molecule has 0 aromatic carbocycles. The summed E-state index contributed by atoms with van der Waals surface area (Å²) in [6, 6.07) is 0. The first-order chi connectivity index (χ1) is 11.9. The number of carboxylic acids is 2. The quantitative estimate of drug-likeness (QED) is 0.582. The lowest BCUT2D eigenvalue weighted by molar-refractivity contribution is -0.138. The molecule has 0 aromatic heterocycles. The fourth-order valence-electron chi connectivity index (χ4n) is 4.40. The highest BCUT2D eigenvalue weighted by Crippen LogP contribution is 2.35. The van der Waals surface area contributed by atoms with Crippen molar-refractivity contribution >= 4 is 11.9 Å². The van der Waals surface area contributed by atoms with Gasteiger partial charge < -0.3 is 10.2 Å². The van der Waals surface area contributed by atoms with Gasteiger partial charge in [-0.05, 0) is 42.9 Å². The Hall–Kier alpha value is -1.06. The number of carboxylic acid groups (broad SMARTS) is 2. The molecule has 0 amide bonds. The molecule has 0 aliphatic heterocycles. The van der Waals surface area contributed by atoms with Crippen LogP contribution in [-0.4, -0.2) is 22.2 Å². The molecular formula is C21H38O4. The van der Waals surface area contributed by atoms with Crippen LogP contribution < -0.4 is 0 Å². The second-order valence-corrected chi connectivity index (χ2v) is 8.11. The van der Waals surface area contributed by atoms with E-state index in [0.29, 0.717) is 24.7 Å². The first kappa shape index (κ1) is 22.0. The second-order valence-electron chi connectivity index (χ2n) is 8.11. The number of carbonyl (C=O) groups is 2. The van der Waals surface area contributed by atoms with Crippen LogP contribution in [0.25, 0.3) is 0 Å². The Morgan fingerprint density at radius 3 is 1.52 bits per heavy atom. The first-order valence-corrected chi connectivity index (χ1v) is 10.4. The molecule has 0 spiro atoms. The zero-order chi connectivity index (χ0) is 18.7. The van der Waals surface area contributed by atoms with Crippen LogP contribution in [0, 0.1) is 23.7 Å². The summed E-state index contributed by atoms with van der Waals surface area (Å²) in [6.45, 7) is 4.48. The van der Waals surface area contributed by atoms with Crippen LogP contribution in [0.15, 0.2) is 0 Å². The minimum Gasteiger partial charge on any atom is -0.481 e. The van der Waals surface area contributed by atoms with Crippen molar-refractivity contribution < 1.29 is 19.8 Å². The Labute approximate surface area is 153 Å². The molecule has 0 bridgehead atoms. The van der Waals surface area contributed by atoms with E-state index < -0.39 is 11.9 Å². The molecule has 2 N–H and O–H groups in total. The summed E-state index contributed by atoms with van der Waals surface area (Å²) < 4.78 is 0. The Morgan fingerprint density at radius 1 is 0.680 bits per heavy atom. The molecule has 0 aromatic rings. The van der Waals surface area contributed by atoms with Gasteiger partial charge in [0.15, 0.2) is 0 Å². The minimum absolute atomic E-state index is 0.362. The molecule has 2 unspecified atom stereocenters. The van der Waals surface area contributed by atoms with Gasteiger partial charge in [0, 0.05) is 12.8 Å². The molecule has 0 heterocycles. The van der Waals surface area contributed by atoms with E-state index in [-0.39, 0.29) is 0 Å². The monoisotopic (exact) mass is 354 g/mol. The molecule has 25 heavy (non-hydrogen) atoms. The van der Waals surface area contributed by atoms with Crippen LogP contribution in [0.3, 0.4) is 0 Å². The highest BCUT2D eigenvalue weighted by molar-refractivity contribution is 5.66. The molecule has 2 saturated carbocycles. The van der Waals surface area contributed by atoms with Crippen molar-refractivity contribution in [2.75, 3.05) is 0 Å². The van der Waals surface area contributed by atoms with Gasteiger partial charge in [-0.15, -0.1) is 0 Å². The van der Waals surface area contributed by atoms with E-state index in [1.54, 1.807) is 0 Å². The predicted molar refractivity (Wildman–Crippen MR) is 101 cm³/mol. The van der Waals surface area contributed by atoms with E-state index in [4.69, 9.17) is 10.2 Å². The number of rotatable bonds is 8. The van der Waals surface area contributed by atoms with Gasteiger partial charge in [0.25, 0.3) is 0 Å². The van der Waals surface area contributed by atoms with Gasteiger partial charge in [-0.3, -0.25) is 9.59 Å². The summed E-state index contributed by atoms with van der Waals surface area (Å²) in [4.78, 5) is 20.7. The molecule has 2 aliphatic rings. The summed E-state index contributed by atoms with van der Waals surface area (Å²) in [6.07, 6.45) is 14.1. The predicted octanol–water partition coefficient (Wildman–Crippen LogP) is 5.75. The lowest BCUT2D eigenvalue weighted by atomic mass is 9.79. The van der Waals surface area contributed by atoms with Crippen molar-refractivity contribution in [2.24, 2.45) is 23.7 Å². The lowest BCUT2D eigenvalue weighted by Gasteiger charge is -2.27. The van der Waals surface area contributed by atoms with Crippen LogP contribution in [-0.2, 0) is 9.59 Å². The molecule has 4 heteroatoms. The maximum atomic E-state index is 10.4. The maximum Gasteiger partial charge on any atom is 0.303 e. The fraction of sp³-hybridized carbons (Fsp3) is 0.905. The van der Waals surface area contributed by atoms with Crippen LogP contribution in [0.5, 0.6) is 0 Å². The van der Waals surface area contributed by atoms with Crippen molar-refractivity contribution in [2.45, 2.75) is 97.3 Å². The topological polar surface area (TPSA) is 74.6 Å². The Kier molecular flexibility index (Phi) is 10.8. The zero-order valence-electron chi connectivity index (χ0n) is 16.2. The number of aliphatic carboxylic acids is 2.